The molecule has 0 unspecified atom stereocenters. The zero-order valence-corrected chi connectivity index (χ0v) is 26.9. The molecule has 2 aromatic heterocycles. The minimum atomic E-state index is 0.671. The summed E-state index contributed by atoms with van der Waals surface area (Å²) in [5.41, 5.74) is 4.99. The van der Waals surface area contributed by atoms with Crippen LogP contribution in [0.1, 0.15) is 49.3 Å². The standard InChI is InChI=1S/C36H46O4S2/c1-3-5-21-37-25-27-39-23-19-33-15-17-35(41-33)31-11-7-29(8-12-31)30-9-13-32(14-10-30)36-18-16-34(42-36)20-24-40-28-26-38-22-6-4-2/h7-18H,3-6,19-28H2,1-2H3. The van der Waals surface area contributed by atoms with E-state index in [9.17, 15) is 0 Å². The highest BCUT2D eigenvalue weighted by Gasteiger charge is 2.07. The van der Waals surface area contributed by atoms with Gasteiger partial charge in [0.15, 0.2) is 0 Å². The molecule has 42 heavy (non-hydrogen) atoms. The van der Waals surface area contributed by atoms with Gasteiger partial charge in [0.1, 0.15) is 0 Å². The molecule has 4 nitrogen and oxygen atoms in total. The number of rotatable bonds is 21. The van der Waals surface area contributed by atoms with Gasteiger partial charge in [-0.15, -0.1) is 22.7 Å². The summed E-state index contributed by atoms with van der Waals surface area (Å²) < 4.78 is 22.6. The Morgan fingerprint density at radius 1 is 0.405 bits per heavy atom. The van der Waals surface area contributed by atoms with E-state index >= 15 is 0 Å². The molecule has 0 bridgehead atoms. The van der Waals surface area contributed by atoms with Crippen LogP contribution >= 0.6 is 22.7 Å². The Balaban J connectivity index is 1.20. The number of unbranched alkanes of at least 4 members (excludes halogenated alkanes) is 2. The summed E-state index contributed by atoms with van der Waals surface area (Å²) >= 11 is 3.70. The van der Waals surface area contributed by atoms with Gasteiger partial charge in [0.2, 0.25) is 0 Å². The van der Waals surface area contributed by atoms with Gasteiger partial charge >= 0.3 is 0 Å². The molecule has 6 heteroatoms. The van der Waals surface area contributed by atoms with Gasteiger partial charge < -0.3 is 18.9 Å². The minimum Gasteiger partial charge on any atom is -0.379 e. The van der Waals surface area contributed by atoms with Crippen molar-refractivity contribution < 1.29 is 18.9 Å². The summed E-state index contributed by atoms with van der Waals surface area (Å²) in [5.74, 6) is 0. The molecule has 0 fully saturated rings. The van der Waals surface area contributed by atoms with Crippen LogP contribution in [0, 0.1) is 0 Å². The van der Waals surface area contributed by atoms with E-state index in [1.165, 1.54) is 54.6 Å². The number of ether oxygens (including phenoxy) is 4. The lowest BCUT2D eigenvalue weighted by atomic mass is 10.0. The number of thiophene rings is 2. The van der Waals surface area contributed by atoms with E-state index in [0.29, 0.717) is 26.4 Å². The molecule has 0 N–H and O–H groups in total. The lowest BCUT2D eigenvalue weighted by molar-refractivity contribution is 0.0480. The Morgan fingerprint density at radius 2 is 0.762 bits per heavy atom. The lowest BCUT2D eigenvalue weighted by Gasteiger charge is -2.06. The van der Waals surface area contributed by atoms with Crippen molar-refractivity contribution in [3.8, 4) is 32.0 Å². The second kappa shape index (κ2) is 19.1. The third-order valence-electron chi connectivity index (χ3n) is 7.01. The molecule has 2 heterocycles. The molecule has 0 amide bonds. The highest BCUT2D eigenvalue weighted by molar-refractivity contribution is 7.15. The van der Waals surface area contributed by atoms with Crippen molar-refractivity contribution in [3.63, 3.8) is 0 Å². The minimum absolute atomic E-state index is 0.671. The SMILES string of the molecule is CCCCOCCOCCc1ccc(-c2ccc(-c3ccc(-c4ccc(CCOCCOCCCC)s4)cc3)cc2)s1. The number of benzene rings is 2. The second-order valence-electron chi connectivity index (χ2n) is 10.3. The largest absolute Gasteiger partial charge is 0.379 e. The van der Waals surface area contributed by atoms with E-state index in [4.69, 9.17) is 18.9 Å². The summed E-state index contributed by atoms with van der Waals surface area (Å²) in [6.45, 7) is 10.2. The van der Waals surface area contributed by atoms with Crippen LogP contribution in [-0.2, 0) is 31.8 Å². The molecule has 0 atom stereocenters. The van der Waals surface area contributed by atoms with Crippen molar-refractivity contribution in [1.29, 1.82) is 0 Å². The summed E-state index contributed by atoms with van der Waals surface area (Å²) in [5, 5.41) is 0. The molecule has 0 aliphatic carbocycles. The Hall–Kier alpha value is -2.32. The summed E-state index contributed by atoms with van der Waals surface area (Å²) in [7, 11) is 0. The van der Waals surface area contributed by atoms with Crippen LogP contribution in [0.25, 0.3) is 32.0 Å². The van der Waals surface area contributed by atoms with E-state index < -0.39 is 0 Å². The Morgan fingerprint density at radius 3 is 1.14 bits per heavy atom. The first kappa shape index (κ1) is 32.6. The van der Waals surface area contributed by atoms with Crippen LogP contribution in [0.2, 0.25) is 0 Å². The molecule has 0 aliphatic heterocycles. The van der Waals surface area contributed by atoms with Crippen molar-refractivity contribution in [2.75, 3.05) is 52.9 Å². The maximum atomic E-state index is 5.74. The molecule has 0 saturated carbocycles. The van der Waals surface area contributed by atoms with Crippen LogP contribution in [-0.4, -0.2) is 52.9 Å². The highest BCUT2D eigenvalue weighted by Crippen LogP contribution is 2.33. The smallest absolute Gasteiger partial charge is 0.0700 e. The fourth-order valence-electron chi connectivity index (χ4n) is 4.47. The zero-order chi connectivity index (χ0) is 29.2. The normalized spacial score (nSPS) is 11.4. The molecule has 4 rings (SSSR count). The fourth-order valence-corrected chi connectivity index (χ4v) is 6.46. The quantitative estimate of drug-likeness (QED) is 0.0885. The molecule has 0 aliphatic rings. The number of hydrogen-bond donors (Lipinski definition) is 0. The predicted molar refractivity (Wildman–Crippen MR) is 179 cm³/mol. The third-order valence-corrected chi connectivity index (χ3v) is 9.40. The summed E-state index contributed by atoms with van der Waals surface area (Å²) in [6.07, 6.45) is 6.46. The highest BCUT2D eigenvalue weighted by atomic mass is 32.1. The van der Waals surface area contributed by atoms with Gasteiger partial charge in [-0.05, 0) is 59.4 Å². The second-order valence-corrected chi connectivity index (χ2v) is 12.7. The molecule has 0 spiro atoms. The van der Waals surface area contributed by atoms with Gasteiger partial charge in [-0.2, -0.15) is 0 Å². The van der Waals surface area contributed by atoms with Gasteiger partial charge in [-0.3, -0.25) is 0 Å². The van der Waals surface area contributed by atoms with E-state index in [0.717, 1.165) is 52.1 Å². The van der Waals surface area contributed by atoms with Crippen molar-refractivity contribution in [2.45, 2.75) is 52.4 Å². The average Bonchev–Trinajstić information content (AvgIpc) is 3.70. The average molecular weight is 607 g/mol. The van der Waals surface area contributed by atoms with E-state index in [-0.39, 0.29) is 0 Å². The fraction of sp³-hybridized carbons (Fsp3) is 0.444. The van der Waals surface area contributed by atoms with Crippen molar-refractivity contribution in [1.82, 2.24) is 0 Å². The zero-order valence-electron chi connectivity index (χ0n) is 25.3. The van der Waals surface area contributed by atoms with Gasteiger partial charge in [-0.25, -0.2) is 0 Å². The van der Waals surface area contributed by atoms with Crippen molar-refractivity contribution in [3.05, 3.63) is 82.6 Å². The first-order valence-electron chi connectivity index (χ1n) is 15.5. The van der Waals surface area contributed by atoms with Crippen molar-refractivity contribution in [2.24, 2.45) is 0 Å². The van der Waals surface area contributed by atoms with Gasteiger partial charge in [0.25, 0.3) is 0 Å². The Bertz CT molecular complexity index is 1160. The van der Waals surface area contributed by atoms with Crippen LogP contribution in [0.15, 0.2) is 72.8 Å². The van der Waals surface area contributed by atoms with Crippen LogP contribution in [0.4, 0.5) is 0 Å². The maximum Gasteiger partial charge on any atom is 0.0700 e. The first-order chi connectivity index (χ1) is 20.8. The molecule has 0 saturated heterocycles. The monoisotopic (exact) mass is 606 g/mol. The Labute approximate surface area is 260 Å². The predicted octanol–water partition coefficient (Wildman–Crippen LogP) is 9.56. The maximum absolute atomic E-state index is 5.74. The first-order valence-corrected chi connectivity index (χ1v) is 17.1. The lowest BCUT2D eigenvalue weighted by Crippen LogP contribution is -2.07. The van der Waals surface area contributed by atoms with E-state index in [1.54, 1.807) is 0 Å². The van der Waals surface area contributed by atoms with Gasteiger partial charge in [0.05, 0.1) is 39.6 Å². The molecular weight excluding hydrogens is 561 g/mol. The molecule has 226 valence electrons. The van der Waals surface area contributed by atoms with E-state index in [1.807, 2.05) is 22.7 Å². The van der Waals surface area contributed by atoms with Crippen molar-refractivity contribution >= 4 is 22.7 Å². The Kier molecular flexibility index (Phi) is 14.8. The number of hydrogen-bond acceptors (Lipinski definition) is 6. The van der Waals surface area contributed by atoms with Crippen LogP contribution in [0.3, 0.4) is 0 Å². The van der Waals surface area contributed by atoms with Crippen LogP contribution < -0.4 is 0 Å². The molecule has 2 aromatic carbocycles. The summed E-state index contributed by atoms with van der Waals surface area (Å²) in [4.78, 5) is 5.31. The third kappa shape index (κ3) is 11.1. The molecule has 4 aromatic rings. The van der Waals surface area contributed by atoms with Gasteiger partial charge in [-0.1, -0.05) is 75.2 Å². The summed E-state index contributed by atoms with van der Waals surface area (Å²) in [6, 6.07) is 26.7. The topological polar surface area (TPSA) is 36.9 Å². The van der Waals surface area contributed by atoms with E-state index in [2.05, 4.69) is 86.6 Å². The molecule has 0 radical (unpaired) electrons. The van der Waals surface area contributed by atoms with Crippen LogP contribution in [0.5, 0.6) is 0 Å². The van der Waals surface area contributed by atoms with Gasteiger partial charge in [0, 0.05) is 45.6 Å². The molecular formula is C36H46O4S2.